The first-order chi connectivity index (χ1) is 17.0. The molecule has 0 radical (unpaired) electrons. The third kappa shape index (κ3) is 6.09. The molecule has 2 aromatic carbocycles. The lowest BCUT2D eigenvalue weighted by molar-refractivity contribution is -0.124. The molecule has 0 spiro atoms. The first kappa shape index (κ1) is 24.1. The summed E-state index contributed by atoms with van der Waals surface area (Å²) < 4.78 is 10.5. The van der Waals surface area contributed by atoms with Crippen molar-refractivity contribution in [1.29, 1.82) is 0 Å². The van der Waals surface area contributed by atoms with Gasteiger partial charge in [0.05, 0.1) is 19.9 Å². The largest absolute Gasteiger partial charge is 0.497 e. The molecule has 182 valence electrons. The predicted octanol–water partition coefficient (Wildman–Crippen LogP) is 3.26. The monoisotopic (exact) mass is 475 g/mol. The summed E-state index contributed by atoms with van der Waals surface area (Å²) in [5.74, 6) is 0.577. The molecule has 1 aliphatic heterocycles. The van der Waals surface area contributed by atoms with Gasteiger partial charge in [-0.25, -0.2) is 0 Å². The summed E-state index contributed by atoms with van der Waals surface area (Å²) in [7, 11) is 1.58. The van der Waals surface area contributed by atoms with Gasteiger partial charge in [0.2, 0.25) is 5.91 Å². The first-order valence-electron chi connectivity index (χ1n) is 11.6. The molecule has 8 nitrogen and oxygen atoms in total. The normalized spacial score (nSPS) is 14.7. The molecule has 0 aliphatic carbocycles. The average Bonchev–Trinajstić information content (AvgIpc) is 3.44. The Hall–Kier alpha value is -4.07. The lowest BCUT2D eigenvalue weighted by Crippen LogP contribution is -2.53. The Morgan fingerprint density at radius 2 is 1.69 bits per heavy atom. The molecular formula is C27H29N3O5. The molecule has 1 fully saturated rings. The van der Waals surface area contributed by atoms with E-state index in [1.54, 1.807) is 78.9 Å². The number of nitrogens with zero attached hydrogens (tertiary/aromatic N) is 1. The van der Waals surface area contributed by atoms with Crippen molar-refractivity contribution < 1.29 is 23.5 Å². The SMILES string of the molecule is COc1ccc(C(=O)N2CCC(C(NC(=O)c3ccccc3)C(=O)NCc3ccco3)CC2)cc1. The number of nitrogens with one attached hydrogen (secondary N) is 2. The Labute approximate surface area is 204 Å². The molecule has 3 amide bonds. The van der Waals surface area contributed by atoms with Gasteiger partial charge >= 0.3 is 0 Å². The van der Waals surface area contributed by atoms with Gasteiger partial charge in [-0.1, -0.05) is 18.2 Å². The molecule has 1 saturated heterocycles. The lowest BCUT2D eigenvalue weighted by Gasteiger charge is -2.36. The summed E-state index contributed by atoms with van der Waals surface area (Å²) in [6.45, 7) is 1.23. The summed E-state index contributed by atoms with van der Waals surface area (Å²) in [6, 6.07) is 18.6. The van der Waals surface area contributed by atoms with E-state index in [9.17, 15) is 14.4 Å². The third-order valence-corrected chi connectivity index (χ3v) is 6.26. The number of likely N-dealkylation sites (tertiary alicyclic amines) is 1. The van der Waals surface area contributed by atoms with Crippen molar-refractivity contribution >= 4 is 17.7 Å². The van der Waals surface area contributed by atoms with E-state index in [4.69, 9.17) is 9.15 Å². The van der Waals surface area contributed by atoms with Crippen molar-refractivity contribution in [3.8, 4) is 5.75 Å². The number of amides is 3. The molecule has 4 rings (SSSR count). The molecule has 0 bridgehead atoms. The Kier molecular flexibility index (Phi) is 7.82. The molecule has 0 saturated carbocycles. The van der Waals surface area contributed by atoms with Crippen molar-refractivity contribution in [3.63, 3.8) is 0 Å². The molecule has 1 atom stereocenters. The Balaban J connectivity index is 1.42. The van der Waals surface area contributed by atoms with Crippen molar-refractivity contribution in [1.82, 2.24) is 15.5 Å². The molecule has 2 N–H and O–H groups in total. The minimum absolute atomic E-state index is 0.0572. The molecule has 8 heteroatoms. The van der Waals surface area contributed by atoms with E-state index < -0.39 is 6.04 Å². The van der Waals surface area contributed by atoms with Crippen LogP contribution in [0.15, 0.2) is 77.4 Å². The van der Waals surface area contributed by atoms with Crippen LogP contribution in [0.5, 0.6) is 5.75 Å². The number of benzene rings is 2. The van der Waals surface area contributed by atoms with Gasteiger partial charge in [-0.2, -0.15) is 0 Å². The third-order valence-electron chi connectivity index (χ3n) is 6.26. The van der Waals surface area contributed by atoms with Crippen molar-refractivity contribution in [3.05, 3.63) is 89.9 Å². The molecule has 35 heavy (non-hydrogen) atoms. The maximum absolute atomic E-state index is 13.1. The van der Waals surface area contributed by atoms with Crippen LogP contribution in [0.3, 0.4) is 0 Å². The fourth-order valence-electron chi connectivity index (χ4n) is 4.26. The van der Waals surface area contributed by atoms with Gasteiger partial charge in [-0.3, -0.25) is 14.4 Å². The number of hydrogen-bond acceptors (Lipinski definition) is 5. The quantitative estimate of drug-likeness (QED) is 0.521. The van der Waals surface area contributed by atoms with E-state index in [1.165, 1.54) is 0 Å². The Morgan fingerprint density at radius 3 is 2.31 bits per heavy atom. The van der Waals surface area contributed by atoms with E-state index >= 15 is 0 Å². The summed E-state index contributed by atoms with van der Waals surface area (Å²) in [5, 5.41) is 5.79. The zero-order valence-electron chi connectivity index (χ0n) is 19.6. The highest BCUT2D eigenvalue weighted by Gasteiger charge is 2.34. The van der Waals surface area contributed by atoms with Crippen LogP contribution in [0.25, 0.3) is 0 Å². The minimum atomic E-state index is -0.726. The number of ether oxygens (including phenoxy) is 1. The zero-order chi connectivity index (χ0) is 24.6. The number of rotatable bonds is 8. The highest BCUT2D eigenvalue weighted by molar-refractivity contribution is 5.97. The fourth-order valence-corrected chi connectivity index (χ4v) is 4.26. The summed E-state index contributed by atoms with van der Waals surface area (Å²) in [5.41, 5.74) is 1.08. The van der Waals surface area contributed by atoms with Crippen LogP contribution in [0, 0.1) is 5.92 Å². The fraction of sp³-hybridized carbons (Fsp3) is 0.296. The number of hydrogen-bond donors (Lipinski definition) is 2. The van der Waals surface area contributed by atoms with Gasteiger partial charge in [-0.15, -0.1) is 0 Å². The van der Waals surface area contributed by atoms with Crippen LogP contribution < -0.4 is 15.4 Å². The average molecular weight is 476 g/mol. The van der Waals surface area contributed by atoms with Crippen LogP contribution in [0.1, 0.15) is 39.3 Å². The molecular weight excluding hydrogens is 446 g/mol. The van der Waals surface area contributed by atoms with E-state index in [0.717, 1.165) is 0 Å². The maximum atomic E-state index is 13.1. The Bertz CT molecular complexity index is 1120. The second-order valence-electron chi connectivity index (χ2n) is 8.47. The summed E-state index contributed by atoms with van der Waals surface area (Å²) >= 11 is 0. The highest BCUT2D eigenvalue weighted by Crippen LogP contribution is 2.24. The molecule has 3 aromatic rings. The molecule has 2 heterocycles. The zero-order valence-corrected chi connectivity index (χ0v) is 19.6. The maximum Gasteiger partial charge on any atom is 0.253 e. The number of carbonyl (C=O) groups is 3. The van der Waals surface area contributed by atoms with Crippen LogP contribution in [0.4, 0.5) is 0 Å². The lowest BCUT2D eigenvalue weighted by atomic mass is 9.88. The van der Waals surface area contributed by atoms with Crippen LogP contribution in [-0.4, -0.2) is 48.9 Å². The van der Waals surface area contributed by atoms with Gasteiger partial charge in [0, 0.05) is 24.2 Å². The second kappa shape index (κ2) is 11.4. The highest BCUT2D eigenvalue weighted by atomic mass is 16.5. The standard InChI is InChI=1S/C27H29N3O5/c1-34-22-11-9-21(10-12-22)27(33)30-15-13-19(14-16-30)24(26(32)28-18-23-8-5-17-35-23)29-25(31)20-6-3-2-4-7-20/h2-12,17,19,24H,13-16,18H2,1H3,(H,28,32)(H,29,31). The van der Waals surface area contributed by atoms with E-state index in [1.807, 2.05) is 6.07 Å². The van der Waals surface area contributed by atoms with Crippen LogP contribution in [0.2, 0.25) is 0 Å². The van der Waals surface area contributed by atoms with Gasteiger partial charge in [-0.05, 0) is 67.3 Å². The van der Waals surface area contributed by atoms with E-state index in [-0.39, 0.29) is 30.2 Å². The summed E-state index contributed by atoms with van der Waals surface area (Å²) in [4.78, 5) is 40.7. The van der Waals surface area contributed by atoms with E-state index in [2.05, 4.69) is 10.6 Å². The van der Waals surface area contributed by atoms with Crippen molar-refractivity contribution in [2.45, 2.75) is 25.4 Å². The number of carbonyl (C=O) groups excluding carboxylic acids is 3. The van der Waals surface area contributed by atoms with Gasteiger partial charge in [0.25, 0.3) is 11.8 Å². The van der Waals surface area contributed by atoms with Crippen molar-refractivity contribution in [2.24, 2.45) is 5.92 Å². The molecule has 1 aromatic heterocycles. The number of piperidine rings is 1. The van der Waals surface area contributed by atoms with Crippen LogP contribution in [-0.2, 0) is 11.3 Å². The number of methoxy groups -OCH3 is 1. The number of furan rings is 1. The first-order valence-corrected chi connectivity index (χ1v) is 11.6. The van der Waals surface area contributed by atoms with Crippen molar-refractivity contribution in [2.75, 3.05) is 20.2 Å². The van der Waals surface area contributed by atoms with Gasteiger partial charge in [0.1, 0.15) is 17.6 Å². The minimum Gasteiger partial charge on any atom is -0.497 e. The predicted molar refractivity (Wildman–Crippen MR) is 130 cm³/mol. The van der Waals surface area contributed by atoms with Gasteiger partial charge in [0.15, 0.2) is 0 Å². The van der Waals surface area contributed by atoms with Crippen LogP contribution >= 0.6 is 0 Å². The van der Waals surface area contributed by atoms with Gasteiger partial charge < -0.3 is 24.7 Å². The topological polar surface area (TPSA) is 101 Å². The second-order valence-corrected chi connectivity index (χ2v) is 8.47. The molecule has 1 aliphatic rings. The molecule has 1 unspecified atom stereocenters. The summed E-state index contributed by atoms with van der Waals surface area (Å²) in [6.07, 6.45) is 2.73. The smallest absolute Gasteiger partial charge is 0.253 e. The van der Waals surface area contributed by atoms with E-state index in [0.29, 0.717) is 48.6 Å². The Morgan fingerprint density at radius 1 is 0.971 bits per heavy atom.